The van der Waals surface area contributed by atoms with Crippen LogP contribution < -0.4 is 10.2 Å². The average Bonchev–Trinajstić information content (AvgIpc) is 2.29. The lowest BCUT2D eigenvalue weighted by Crippen LogP contribution is -2.41. The highest BCUT2D eigenvalue weighted by Crippen LogP contribution is 2.22. The monoisotopic (exact) mass is 199 g/mol. The topological polar surface area (TPSA) is 19.6 Å². The van der Waals surface area contributed by atoms with Gasteiger partial charge < -0.3 is 10.2 Å². The van der Waals surface area contributed by atoms with Crippen molar-refractivity contribution in [2.75, 3.05) is 24.5 Å². The van der Waals surface area contributed by atoms with Gasteiger partial charge in [0.15, 0.2) is 5.69 Å². The maximum Gasteiger partial charge on any atom is 0.189 e. The van der Waals surface area contributed by atoms with Crippen LogP contribution in [-0.4, -0.2) is 19.6 Å². The molecule has 0 aliphatic carbocycles. The standard InChI is InChI=1S/C12H13N3/c1-10-9-15(7-6-14-10)12-5-3-4-11(8-12)13-2/h3-5,8,14H,1,6-7,9H2. The van der Waals surface area contributed by atoms with E-state index in [2.05, 4.69) is 21.6 Å². The van der Waals surface area contributed by atoms with Crippen LogP contribution in [0, 0.1) is 6.57 Å². The molecule has 15 heavy (non-hydrogen) atoms. The maximum atomic E-state index is 6.97. The Labute approximate surface area is 89.8 Å². The van der Waals surface area contributed by atoms with Gasteiger partial charge in [0.25, 0.3) is 0 Å². The molecular weight excluding hydrogens is 186 g/mol. The number of nitrogens with one attached hydrogen (secondary N) is 1. The lowest BCUT2D eigenvalue weighted by molar-refractivity contribution is 0.663. The molecule has 0 bridgehead atoms. The summed E-state index contributed by atoms with van der Waals surface area (Å²) in [5, 5.41) is 3.21. The minimum Gasteiger partial charge on any atom is -0.386 e. The van der Waals surface area contributed by atoms with E-state index in [9.17, 15) is 0 Å². The van der Waals surface area contributed by atoms with E-state index < -0.39 is 0 Å². The van der Waals surface area contributed by atoms with Gasteiger partial charge in [0.2, 0.25) is 0 Å². The Morgan fingerprint density at radius 3 is 3.07 bits per heavy atom. The Morgan fingerprint density at radius 2 is 2.33 bits per heavy atom. The molecular formula is C12H13N3. The van der Waals surface area contributed by atoms with E-state index in [1.165, 1.54) is 0 Å². The van der Waals surface area contributed by atoms with Crippen molar-refractivity contribution < 1.29 is 0 Å². The van der Waals surface area contributed by atoms with E-state index in [4.69, 9.17) is 6.57 Å². The van der Waals surface area contributed by atoms with E-state index >= 15 is 0 Å². The van der Waals surface area contributed by atoms with E-state index in [1.807, 2.05) is 24.3 Å². The fourth-order valence-electron chi connectivity index (χ4n) is 1.71. The molecule has 0 amide bonds. The molecule has 0 saturated carbocycles. The average molecular weight is 199 g/mol. The Morgan fingerprint density at radius 1 is 1.47 bits per heavy atom. The molecule has 1 fully saturated rings. The summed E-state index contributed by atoms with van der Waals surface area (Å²) < 4.78 is 0. The first-order chi connectivity index (χ1) is 7.29. The van der Waals surface area contributed by atoms with Crippen molar-refractivity contribution >= 4 is 11.4 Å². The largest absolute Gasteiger partial charge is 0.386 e. The third-order valence-electron chi connectivity index (χ3n) is 2.46. The van der Waals surface area contributed by atoms with Gasteiger partial charge in [0.1, 0.15) is 0 Å². The molecule has 0 radical (unpaired) electrons. The SMILES string of the molecule is [C-]#[N+]c1cccc(N2CCNC(=C)C2)c1. The highest BCUT2D eigenvalue weighted by molar-refractivity contribution is 5.59. The van der Waals surface area contributed by atoms with Crippen LogP contribution in [0.5, 0.6) is 0 Å². The number of rotatable bonds is 1. The van der Waals surface area contributed by atoms with Crippen LogP contribution in [-0.2, 0) is 0 Å². The molecule has 1 aliphatic heterocycles. The highest BCUT2D eigenvalue weighted by Gasteiger charge is 2.12. The molecule has 0 atom stereocenters. The van der Waals surface area contributed by atoms with Crippen molar-refractivity contribution in [3.8, 4) is 0 Å². The third-order valence-corrected chi connectivity index (χ3v) is 2.46. The van der Waals surface area contributed by atoms with Gasteiger partial charge in [0, 0.05) is 24.5 Å². The van der Waals surface area contributed by atoms with Crippen LogP contribution in [0.25, 0.3) is 4.85 Å². The molecule has 0 unspecified atom stereocenters. The van der Waals surface area contributed by atoms with E-state index in [-0.39, 0.29) is 0 Å². The van der Waals surface area contributed by atoms with Gasteiger partial charge in [-0.05, 0) is 12.1 Å². The molecule has 76 valence electrons. The predicted molar refractivity (Wildman–Crippen MR) is 62.1 cm³/mol. The van der Waals surface area contributed by atoms with Crippen LogP contribution in [0.4, 0.5) is 11.4 Å². The van der Waals surface area contributed by atoms with Gasteiger partial charge in [-0.25, -0.2) is 4.85 Å². The third kappa shape index (κ3) is 2.10. The first-order valence-corrected chi connectivity index (χ1v) is 4.94. The van der Waals surface area contributed by atoms with Crippen molar-refractivity contribution in [3.05, 3.63) is 48.0 Å². The number of anilines is 1. The second-order valence-electron chi connectivity index (χ2n) is 3.58. The minimum absolute atomic E-state index is 0.691. The Bertz CT molecular complexity index is 417. The molecule has 1 N–H and O–H groups in total. The van der Waals surface area contributed by atoms with Gasteiger partial charge in [-0.2, -0.15) is 0 Å². The smallest absolute Gasteiger partial charge is 0.189 e. The number of hydrogen-bond acceptors (Lipinski definition) is 2. The van der Waals surface area contributed by atoms with Gasteiger partial charge in [-0.1, -0.05) is 18.7 Å². The second-order valence-corrected chi connectivity index (χ2v) is 3.58. The predicted octanol–water partition coefficient (Wildman–Crippen LogP) is 2.16. The van der Waals surface area contributed by atoms with Crippen LogP contribution in [0.15, 0.2) is 36.5 Å². The fourth-order valence-corrected chi connectivity index (χ4v) is 1.71. The maximum absolute atomic E-state index is 6.97. The normalized spacial score (nSPS) is 15.7. The van der Waals surface area contributed by atoms with Gasteiger partial charge in [-0.15, -0.1) is 0 Å². The summed E-state index contributed by atoms with van der Waals surface area (Å²) in [6.45, 7) is 13.6. The van der Waals surface area contributed by atoms with Crippen LogP contribution in [0.3, 0.4) is 0 Å². The van der Waals surface area contributed by atoms with Gasteiger partial charge in [0.05, 0.1) is 13.1 Å². The van der Waals surface area contributed by atoms with Gasteiger partial charge >= 0.3 is 0 Å². The lowest BCUT2D eigenvalue weighted by atomic mass is 10.2. The summed E-state index contributed by atoms with van der Waals surface area (Å²) in [5.41, 5.74) is 2.83. The molecule has 0 spiro atoms. The summed E-state index contributed by atoms with van der Waals surface area (Å²) in [6.07, 6.45) is 0. The fraction of sp³-hybridized carbons (Fsp3) is 0.250. The van der Waals surface area contributed by atoms with Crippen LogP contribution in [0.1, 0.15) is 0 Å². The zero-order valence-electron chi connectivity index (χ0n) is 8.53. The van der Waals surface area contributed by atoms with E-state index in [1.54, 1.807) is 0 Å². The van der Waals surface area contributed by atoms with Crippen molar-refractivity contribution in [1.29, 1.82) is 0 Å². The van der Waals surface area contributed by atoms with E-state index in [0.29, 0.717) is 5.69 Å². The highest BCUT2D eigenvalue weighted by atomic mass is 15.2. The van der Waals surface area contributed by atoms with Crippen LogP contribution in [0.2, 0.25) is 0 Å². The summed E-state index contributed by atoms with van der Waals surface area (Å²) in [4.78, 5) is 5.66. The molecule has 1 aromatic carbocycles. The molecule has 1 aromatic rings. The van der Waals surface area contributed by atoms with Crippen molar-refractivity contribution in [2.24, 2.45) is 0 Å². The van der Waals surface area contributed by atoms with Crippen molar-refractivity contribution in [3.63, 3.8) is 0 Å². The minimum atomic E-state index is 0.691. The molecule has 1 heterocycles. The molecule has 3 nitrogen and oxygen atoms in total. The summed E-state index contributed by atoms with van der Waals surface area (Å²) in [6, 6.07) is 7.71. The number of piperazine rings is 1. The molecule has 0 aromatic heterocycles. The van der Waals surface area contributed by atoms with Crippen molar-refractivity contribution in [1.82, 2.24) is 5.32 Å². The Kier molecular flexibility index (Phi) is 2.59. The number of nitrogens with zero attached hydrogens (tertiary/aromatic N) is 2. The molecule has 3 heteroatoms. The number of benzene rings is 1. The van der Waals surface area contributed by atoms with E-state index in [0.717, 1.165) is 31.0 Å². The summed E-state index contributed by atoms with van der Waals surface area (Å²) in [5.74, 6) is 0. The molecule has 1 aliphatic rings. The quantitative estimate of drug-likeness (QED) is 0.699. The Hall–Kier alpha value is -1.95. The molecule has 1 saturated heterocycles. The van der Waals surface area contributed by atoms with Crippen LogP contribution >= 0.6 is 0 Å². The zero-order chi connectivity index (χ0) is 10.7. The summed E-state index contributed by atoms with van der Waals surface area (Å²) in [7, 11) is 0. The van der Waals surface area contributed by atoms with Gasteiger partial charge in [-0.3, -0.25) is 0 Å². The van der Waals surface area contributed by atoms with Crippen molar-refractivity contribution in [2.45, 2.75) is 0 Å². The Balaban J connectivity index is 2.21. The molecule has 2 rings (SSSR count). The first-order valence-electron chi connectivity index (χ1n) is 4.94. The zero-order valence-corrected chi connectivity index (χ0v) is 8.53. The summed E-state index contributed by atoms with van der Waals surface area (Å²) >= 11 is 0. The second kappa shape index (κ2) is 4.05. The lowest BCUT2D eigenvalue weighted by Gasteiger charge is -2.31. The first kappa shape index (κ1) is 9.60. The number of hydrogen-bond donors (Lipinski definition) is 1.